The Morgan fingerprint density at radius 2 is 1.69 bits per heavy atom. The van der Waals surface area contributed by atoms with Crippen molar-refractivity contribution >= 4 is 35.1 Å². The molecular formula is C17H23N3O5S. The van der Waals surface area contributed by atoms with E-state index >= 15 is 0 Å². The number of esters is 1. The van der Waals surface area contributed by atoms with Crippen LogP contribution in [0.15, 0.2) is 30.3 Å². The highest BCUT2D eigenvalue weighted by Gasteiger charge is 2.10. The number of carbonyl (C=O) groups excluding carboxylic acids is 3. The summed E-state index contributed by atoms with van der Waals surface area (Å²) in [6.07, 6.45) is 0.733. The first-order valence-electron chi connectivity index (χ1n) is 8.08. The molecular weight excluding hydrogens is 358 g/mol. The average molecular weight is 381 g/mol. The number of methoxy groups -OCH3 is 1. The molecule has 0 heterocycles. The lowest BCUT2D eigenvalue weighted by Crippen LogP contribution is -2.48. The highest BCUT2D eigenvalue weighted by Crippen LogP contribution is 2.01. The SMILES string of the molecule is COCCOC(=O)CCC(=O)NC(=S)NNC(=O)CCc1ccccc1. The van der Waals surface area contributed by atoms with Crippen LogP contribution in [0.5, 0.6) is 0 Å². The van der Waals surface area contributed by atoms with E-state index in [1.54, 1.807) is 0 Å². The van der Waals surface area contributed by atoms with E-state index in [2.05, 4.69) is 16.2 Å². The Bertz CT molecular complexity index is 610. The van der Waals surface area contributed by atoms with E-state index in [0.29, 0.717) is 13.0 Å². The van der Waals surface area contributed by atoms with Crippen molar-refractivity contribution in [2.75, 3.05) is 20.3 Å². The molecule has 1 rings (SSSR count). The molecule has 0 fully saturated rings. The summed E-state index contributed by atoms with van der Waals surface area (Å²) in [6.45, 7) is 0.446. The second-order valence-electron chi connectivity index (χ2n) is 5.25. The molecule has 0 radical (unpaired) electrons. The van der Waals surface area contributed by atoms with Gasteiger partial charge < -0.3 is 14.8 Å². The number of ether oxygens (including phenoxy) is 2. The zero-order valence-electron chi connectivity index (χ0n) is 14.6. The Kier molecular flexibility index (Phi) is 10.6. The fourth-order valence-corrected chi connectivity index (χ4v) is 2.00. The summed E-state index contributed by atoms with van der Waals surface area (Å²) >= 11 is 4.90. The van der Waals surface area contributed by atoms with Crippen molar-refractivity contribution in [3.63, 3.8) is 0 Å². The fourth-order valence-electron chi connectivity index (χ4n) is 1.84. The van der Waals surface area contributed by atoms with E-state index in [4.69, 9.17) is 21.7 Å². The van der Waals surface area contributed by atoms with E-state index in [1.165, 1.54) is 7.11 Å². The number of benzene rings is 1. The van der Waals surface area contributed by atoms with Gasteiger partial charge in [0.25, 0.3) is 0 Å². The van der Waals surface area contributed by atoms with Crippen LogP contribution in [0, 0.1) is 0 Å². The smallest absolute Gasteiger partial charge is 0.306 e. The topological polar surface area (TPSA) is 106 Å². The quantitative estimate of drug-likeness (QED) is 0.249. The zero-order chi connectivity index (χ0) is 19.2. The molecule has 0 aliphatic rings. The molecule has 26 heavy (non-hydrogen) atoms. The van der Waals surface area contributed by atoms with Gasteiger partial charge in [-0.2, -0.15) is 0 Å². The molecule has 9 heteroatoms. The normalized spacial score (nSPS) is 9.88. The number of thiocarbonyl (C=S) groups is 1. The first-order chi connectivity index (χ1) is 12.5. The lowest BCUT2D eigenvalue weighted by Gasteiger charge is -2.10. The molecule has 1 aromatic rings. The number of hydrogen-bond acceptors (Lipinski definition) is 6. The lowest BCUT2D eigenvalue weighted by atomic mass is 10.1. The molecule has 0 aromatic heterocycles. The summed E-state index contributed by atoms with van der Waals surface area (Å²) in [7, 11) is 1.50. The van der Waals surface area contributed by atoms with Crippen molar-refractivity contribution < 1.29 is 23.9 Å². The van der Waals surface area contributed by atoms with Gasteiger partial charge in [0.2, 0.25) is 11.8 Å². The number of aryl methyl sites for hydroxylation is 1. The lowest BCUT2D eigenvalue weighted by molar-refractivity contribution is -0.146. The molecule has 0 aliphatic carbocycles. The summed E-state index contributed by atoms with van der Waals surface area (Å²) in [5.74, 6) is -1.21. The Hall–Kier alpha value is -2.52. The molecule has 0 bridgehead atoms. The molecule has 0 spiro atoms. The predicted molar refractivity (Wildman–Crippen MR) is 98.9 cm³/mol. The second-order valence-corrected chi connectivity index (χ2v) is 5.66. The third-order valence-corrected chi connectivity index (χ3v) is 3.36. The molecule has 0 saturated carbocycles. The summed E-state index contributed by atoms with van der Waals surface area (Å²) in [5.41, 5.74) is 5.91. The van der Waals surface area contributed by atoms with Gasteiger partial charge in [0.1, 0.15) is 6.61 Å². The first-order valence-corrected chi connectivity index (χ1v) is 8.49. The van der Waals surface area contributed by atoms with Crippen molar-refractivity contribution in [2.24, 2.45) is 0 Å². The van der Waals surface area contributed by atoms with Crippen LogP contribution in [0.25, 0.3) is 0 Å². The number of hydrazine groups is 1. The van der Waals surface area contributed by atoms with Crippen molar-refractivity contribution in [2.45, 2.75) is 25.7 Å². The second kappa shape index (κ2) is 12.8. The van der Waals surface area contributed by atoms with E-state index in [1.807, 2.05) is 30.3 Å². The fraction of sp³-hybridized carbons (Fsp3) is 0.412. The monoisotopic (exact) mass is 381 g/mol. The van der Waals surface area contributed by atoms with Crippen LogP contribution in [0.3, 0.4) is 0 Å². The van der Waals surface area contributed by atoms with Crippen LogP contribution in [0.2, 0.25) is 0 Å². The Morgan fingerprint density at radius 1 is 0.962 bits per heavy atom. The van der Waals surface area contributed by atoms with E-state index in [9.17, 15) is 14.4 Å². The minimum atomic E-state index is -0.495. The highest BCUT2D eigenvalue weighted by molar-refractivity contribution is 7.80. The summed E-state index contributed by atoms with van der Waals surface area (Å²) in [6, 6.07) is 9.59. The minimum absolute atomic E-state index is 0.0455. The molecule has 0 saturated heterocycles. The van der Waals surface area contributed by atoms with Crippen LogP contribution in [0.4, 0.5) is 0 Å². The highest BCUT2D eigenvalue weighted by atomic mass is 32.1. The summed E-state index contributed by atoms with van der Waals surface area (Å²) in [5, 5.41) is 2.32. The molecule has 0 unspecified atom stereocenters. The van der Waals surface area contributed by atoms with Gasteiger partial charge in [-0.1, -0.05) is 30.3 Å². The molecule has 3 N–H and O–H groups in total. The van der Waals surface area contributed by atoms with Gasteiger partial charge in [-0.15, -0.1) is 0 Å². The zero-order valence-corrected chi connectivity index (χ0v) is 15.4. The molecule has 1 aromatic carbocycles. The van der Waals surface area contributed by atoms with Gasteiger partial charge >= 0.3 is 5.97 Å². The van der Waals surface area contributed by atoms with Gasteiger partial charge in [0, 0.05) is 20.0 Å². The van der Waals surface area contributed by atoms with Crippen molar-refractivity contribution in [1.82, 2.24) is 16.2 Å². The maximum absolute atomic E-state index is 11.7. The largest absolute Gasteiger partial charge is 0.463 e. The number of hydrogen-bond donors (Lipinski definition) is 3. The van der Waals surface area contributed by atoms with Crippen LogP contribution in [-0.2, 0) is 30.3 Å². The molecule has 2 amide bonds. The van der Waals surface area contributed by atoms with Crippen molar-refractivity contribution in [1.29, 1.82) is 0 Å². The Balaban J connectivity index is 2.13. The molecule has 0 aliphatic heterocycles. The number of nitrogens with one attached hydrogen (secondary N) is 3. The van der Waals surface area contributed by atoms with Gasteiger partial charge in [-0.05, 0) is 24.2 Å². The average Bonchev–Trinajstić information content (AvgIpc) is 2.64. The standard InChI is InChI=1S/C17H23N3O5S/c1-24-11-12-25-16(23)10-9-14(21)18-17(26)20-19-15(22)8-7-13-5-3-2-4-6-13/h2-6H,7-12H2,1H3,(H,19,22)(H2,18,20,21,26). The van der Waals surface area contributed by atoms with Crippen LogP contribution >= 0.6 is 12.2 Å². The Labute approximate surface area is 157 Å². The van der Waals surface area contributed by atoms with Crippen LogP contribution in [-0.4, -0.2) is 43.2 Å². The number of amides is 2. The van der Waals surface area contributed by atoms with Gasteiger partial charge in [-0.25, -0.2) is 0 Å². The van der Waals surface area contributed by atoms with Gasteiger partial charge in [0.15, 0.2) is 5.11 Å². The Morgan fingerprint density at radius 3 is 2.38 bits per heavy atom. The molecule has 0 atom stereocenters. The van der Waals surface area contributed by atoms with E-state index in [-0.39, 0.29) is 36.9 Å². The van der Waals surface area contributed by atoms with Gasteiger partial charge in [-0.3, -0.25) is 25.2 Å². The predicted octanol–water partition coefficient (Wildman–Crippen LogP) is 0.611. The molecule has 142 valence electrons. The van der Waals surface area contributed by atoms with Crippen LogP contribution < -0.4 is 16.2 Å². The van der Waals surface area contributed by atoms with Crippen molar-refractivity contribution in [3.05, 3.63) is 35.9 Å². The summed E-state index contributed by atoms with van der Waals surface area (Å²) < 4.78 is 9.57. The maximum atomic E-state index is 11.7. The maximum Gasteiger partial charge on any atom is 0.306 e. The minimum Gasteiger partial charge on any atom is -0.463 e. The first kappa shape index (κ1) is 21.5. The molecule has 8 nitrogen and oxygen atoms in total. The third-order valence-electron chi connectivity index (χ3n) is 3.16. The summed E-state index contributed by atoms with van der Waals surface area (Å²) in [4.78, 5) is 34.7. The van der Waals surface area contributed by atoms with Crippen molar-refractivity contribution in [3.8, 4) is 0 Å². The number of rotatable bonds is 9. The van der Waals surface area contributed by atoms with E-state index < -0.39 is 11.9 Å². The van der Waals surface area contributed by atoms with E-state index in [0.717, 1.165) is 5.56 Å². The third kappa shape index (κ3) is 10.4. The van der Waals surface area contributed by atoms with Gasteiger partial charge in [0.05, 0.1) is 13.0 Å². The number of carbonyl (C=O) groups is 3. The van der Waals surface area contributed by atoms with Crippen LogP contribution in [0.1, 0.15) is 24.8 Å².